The number of hydrogen-bond acceptors (Lipinski definition) is 3. The van der Waals surface area contributed by atoms with Gasteiger partial charge in [0.1, 0.15) is 24.7 Å². The molecule has 118 valence electrons. The maximum absolute atomic E-state index is 5.86. The van der Waals surface area contributed by atoms with Crippen LogP contribution in [0.4, 0.5) is 0 Å². The fourth-order valence-electron chi connectivity index (χ4n) is 2.05. The molecule has 2 aromatic carbocycles. The molecular weight excluding hydrogens is 274 g/mol. The zero-order valence-electron chi connectivity index (χ0n) is 13.4. The Bertz CT molecular complexity index is 542. The average molecular weight is 299 g/mol. The van der Waals surface area contributed by atoms with Crippen LogP contribution in [-0.2, 0) is 6.54 Å². The molecule has 0 saturated heterocycles. The Morgan fingerprint density at radius 2 is 1.59 bits per heavy atom. The van der Waals surface area contributed by atoms with Crippen molar-refractivity contribution in [2.75, 3.05) is 13.2 Å². The summed E-state index contributed by atoms with van der Waals surface area (Å²) in [5.41, 5.74) is 1.18. The first-order valence-corrected chi connectivity index (χ1v) is 7.91. The van der Waals surface area contributed by atoms with Crippen molar-refractivity contribution in [2.45, 2.75) is 32.9 Å². The Hall–Kier alpha value is -2.00. The molecule has 3 heteroatoms. The quantitative estimate of drug-likeness (QED) is 0.709. The second-order valence-electron chi connectivity index (χ2n) is 5.31. The highest BCUT2D eigenvalue weighted by atomic mass is 16.5. The van der Waals surface area contributed by atoms with Crippen molar-refractivity contribution >= 4 is 0 Å². The Morgan fingerprint density at radius 3 is 2.36 bits per heavy atom. The molecule has 0 amide bonds. The van der Waals surface area contributed by atoms with Crippen LogP contribution in [-0.4, -0.2) is 19.3 Å². The van der Waals surface area contributed by atoms with Crippen LogP contribution >= 0.6 is 0 Å². The molecule has 1 unspecified atom stereocenters. The zero-order chi connectivity index (χ0) is 15.6. The van der Waals surface area contributed by atoms with Gasteiger partial charge in [0, 0.05) is 18.2 Å². The van der Waals surface area contributed by atoms with Gasteiger partial charge in [-0.3, -0.25) is 0 Å². The molecule has 0 aromatic heterocycles. The van der Waals surface area contributed by atoms with E-state index in [9.17, 15) is 0 Å². The molecule has 0 aliphatic carbocycles. The molecule has 0 radical (unpaired) electrons. The fourth-order valence-corrected chi connectivity index (χ4v) is 2.05. The zero-order valence-corrected chi connectivity index (χ0v) is 13.4. The summed E-state index contributed by atoms with van der Waals surface area (Å²) in [6.07, 6.45) is 1.12. The summed E-state index contributed by atoms with van der Waals surface area (Å²) in [5, 5.41) is 3.49. The number of para-hydroxylation sites is 2. The van der Waals surface area contributed by atoms with E-state index in [4.69, 9.17) is 9.47 Å². The molecule has 0 spiro atoms. The standard InChI is InChI=1S/C19H25NO2/c1-3-16(2)20-15-17-9-7-8-12-19(17)22-14-13-21-18-10-5-4-6-11-18/h4-12,16,20H,3,13-15H2,1-2H3. The van der Waals surface area contributed by atoms with E-state index in [0.717, 1.165) is 24.5 Å². The third-order valence-corrected chi connectivity index (χ3v) is 3.58. The molecule has 1 N–H and O–H groups in total. The Morgan fingerprint density at radius 1 is 0.909 bits per heavy atom. The van der Waals surface area contributed by atoms with Crippen LogP contribution in [0.15, 0.2) is 54.6 Å². The Kier molecular flexibility index (Phi) is 6.78. The van der Waals surface area contributed by atoms with E-state index in [1.165, 1.54) is 5.56 Å². The summed E-state index contributed by atoms with van der Waals surface area (Å²) < 4.78 is 11.5. The van der Waals surface area contributed by atoms with E-state index in [-0.39, 0.29) is 0 Å². The minimum atomic E-state index is 0.509. The summed E-state index contributed by atoms with van der Waals surface area (Å²) in [6, 6.07) is 18.5. The molecule has 0 saturated carbocycles. The van der Waals surface area contributed by atoms with E-state index in [1.807, 2.05) is 48.5 Å². The molecule has 22 heavy (non-hydrogen) atoms. The third-order valence-electron chi connectivity index (χ3n) is 3.58. The molecule has 0 heterocycles. The molecule has 2 aromatic rings. The van der Waals surface area contributed by atoms with Gasteiger partial charge in [-0.15, -0.1) is 0 Å². The minimum absolute atomic E-state index is 0.509. The van der Waals surface area contributed by atoms with Gasteiger partial charge in [-0.2, -0.15) is 0 Å². The lowest BCUT2D eigenvalue weighted by atomic mass is 10.2. The number of benzene rings is 2. The van der Waals surface area contributed by atoms with Gasteiger partial charge >= 0.3 is 0 Å². The van der Waals surface area contributed by atoms with Gasteiger partial charge < -0.3 is 14.8 Å². The summed E-state index contributed by atoms with van der Waals surface area (Å²) in [6.45, 7) is 6.27. The van der Waals surface area contributed by atoms with Crippen molar-refractivity contribution in [1.82, 2.24) is 5.32 Å². The Balaban J connectivity index is 1.79. The van der Waals surface area contributed by atoms with Crippen LogP contribution in [0.1, 0.15) is 25.8 Å². The number of ether oxygens (including phenoxy) is 2. The van der Waals surface area contributed by atoms with E-state index in [0.29, 0.717) is 19.3 Å². The molecular formula is C19H25NO2. The largest absolute Gasteiger partial charge is 0.490 e. The first kappa shape index (κ1) is 16.4. The van der Waals surface area contributed by atoms with Crippen molar-refractivity contribution in [1.29, 1.82) is 0 Å². The lowest BCUT2D eigenvalue weighted by Crippen LogP contribution is -2.24. The van der Waals surface area contributed by atoms with Crippen molar-refractivity contribution < 1.29 is 9.47 Å². The maximum Gasteiger partial charge on any atom is 0.123 e. The monoisotopic (exact) mass is 299 g/mol. The molecule has 0 aliphatic heterocycles. The van der Waals surface area contributed by atoms with Gasteiger partial charge in [0.25, 0.3) is 0 Å². The molecule has 2 rings (SSSR count). The van der Waals surface area contributed by atoms with Gasteiger partial charge in [0.15, 0.2) is 0 Å². The highest BCUT2D eigenvalue weighted by Crippen LogP contribution is 2.18. The van der Waals surface area contributed by atoms with Crippen LogP contribution in [0.5, 0.6) is 11.5 Å². The first-order valence-electron chi connectivity index (χ1n) is 7.91. The summed E-state index contributed by atoms with van der Waals surface area (Å²) in [5.74, 6) is 1.80. The van der Waals surface area contributed by atoms with Gasteiger partial charge in [-0.25, -0.2) is 0 Å². The lowest BCUT2D eigenvalue weighted by molar-refractivity contribution is 0.215. The van der Waals surface area contributed by atoms with E-state index in [1.54, 1.807) is 0 Å². The topological polar surface area (TPSA) is 30.5 Å². The van der Waals surface area contributed by atoms with E-state index >= 15 is 0 Å². The van der Waals surface area contributed by atoms with Crippen LogP contribution < -0.4 is 14.8 Å². The molecule has 1 atom stereocenters. The van der Waals surface area contributed by atoms with E-state index in [2.05, 4.69) is 25.2 Å². The first-order chi connectivity index (χ1) is 10.8. The van der Waals surface area contributed by atoms with Crippen molar-refractivity contribution in [3.8, 4) is 11.5 Å². The van der Waals surface area contributed by atoms with Gasteiger partial charge in [-0.1, -0.05) is 43.3 Å². The summed E-state index contributed by atoms with van der Waals surface area (Å²) in [4.78, 5) is 0. The number of rotatable bonds is 9. The van der Waals surface area contributed by atoms with Crippen LogP contribution in [0.3, 0.4) is 0 Å². The third kappa shape index (κ3) is 5.41. The normalized spacial score (nSPS) is 11.9. The number of hydrogen-bond donors (Lipinski definition) is 1. The molecule has 0 bridgehead atoms. The van der Waals surface area contributed by atoms with Gasteiger partial charge in [0.05, 0.1) is 0 Å². The highest BCUT2D eigenvalue weighted by Gasteiger charge is 2.04. The number of nitrogens with one attached hydrogen (secondary N) is 1. The van der Waals surface area contributed by atoms with Gasteiger partial charge in [0.2, 0.25) is 0 Å². The summed E-state index contributed by atoms with van der Waals surface area (Å²) in [7, 11) is 0. The molecule has 0 aliphatic rings. The van der Waals surface area contributed by atoms with Crippen LogP contribution in [0.2, 0.25) is 0 Å². The second-order valence-corrected chi connectivity index (χ2v) is 5.31. The highest BCUT2D eigenvalue weighted by molar-refractivity contribution is 5.33. The van der Waals surface area contributed by atoms with Crippen LogP contribution in [0, 0.1) is 0 Å². The maximum atomic E-state index is 5.86. The SMILES string of the molecule is CCC(C)NCc1ccccc1OCCOc1ccccc1. The van der Waals surface area contributed by atoms with Crippen molar-refractivity contribution in [3.63, 3.8) is 0 Å². The smallest absolute Gasteiger partial charge is 0.123 e. The van der Waals surface area contributed by atoms with Gasteiger partial charge in [-0.05, 0) is 31.5 Å². The lowest BCUT2D eigenvalue weighted by Gasteiger charge is -2.15. The fraction of sp³-hybridized carbons (Fsp3) is 0.368. The molecule has 3 nitrogen and oxygen atoms in total. The predicted molar refractivity (Wildman–Crippen MR) is 90.5 cm³/mol. The van der Waals surface area contributed by atoms with Crippen LogP contribution in [0.25, 0.3) is 0 Å². The van der Waals surface area contributed by atoms with E-state index < -0.39 is 0 Å². The second kappa shape index (κ2) is 9.11. The predicted octanol–water partition coefficient (Wildman–Crippen LogP) is 4.03. The van der Waals surface area contributed by atoms with Crippen molar-refractivity contribution in [2.24, 2.45) is 0 Å². The summed E-state index contributed by atoms with van der Waals surface area (Å²) >= 11 is 0. The average Bonchev–Trinajstić information content (AvgIpc) is 2.58. The minimum Gasteiger partial charge on any atom is -0.490 e. The Labute approximate surface area is 133 Å². The van der Waals surface area contributed by atoms with Crippen molar-refractivity contribution in [3.05, 3.63) is 60.2 Å². The molecule has 0 fully saturated rings.